The minimum absolute atomic E-state index is 0.0311. The quantitative estimate of drug-likeness (QED) is 0.0641. The normalized spacial score (nSPS) is 25.9. The molecule has 5 rings (SSSR count). The average molecular weight is 1320 g/mol. The van der Waals surface area contributed by atoms with Crippen molar-refractivity contribution >= 4 is 71.7 Å². The zero-order chi connectivity index (χ0) is 68.7. The second kappa shape index (κ2) is 36.2. The molecule has 0 saturated carbocycles. The van der Waals surface area contributed by atoms with Gasteiger partial charge in [-0.3, -0.25) is 48.1 Å². The Bertz CT molecular complexity index is 2880. The number of benzene rings is 2. The topological polar surface area (TPSA) is 388 Å². The van der Waals surface area contributed by atoms with Gasteiger partial charge in [0.05, 0.1) is 23.7 Å². The van der Waals surface area contributed by atoms with Crippen LogP contribution in [0.5, 0.6) is 0 Å². The zero-order valence-corrected chi connectivity index (χ0v) is 53.5. The molecule has 2 amide bonds. The lowest BCUT2D eigenvalue weighted by Crippen LogP contribution is -2.69. The monoisotopic (exact) mass is 1320 g/mol. The van der Waals surface area contributed by atoms with E-state index in [4.69, 9.17) is 75.8 Å². The van der Waals surface area contributed by atoms with Gasteiger partial charge in [-0.2, -0.15) is 0 Å². The molecular weight excluding hydrogens is 1240 g/mol. The summed E-state index contributed by atoms with van der Waals surface area (Å²) in [6.07, 6.45) is -26.5. The molecule has 2 aromatic carbocycles. The van der Waals surface area contributed by atoms with Gasteiger partial charge in [0.1, 0.15) is 49.8 Å². The average Bonchev–Trinajstić information content (AvgIpc) is 0.765. The summed E-state index contributed by atoms with van der Waals surface area (Å²) in [6.45, 7) is 11.2. The number of aliphatic carboxylic acids is 1. The fourth-order valence-corrected chi connectivity index (χ4v) is 9.85. The third-order valence-electron chi connectivity index (χ3n) is 13.7. The van der Waals surface area contributed by atoms with Gasteiger partial charge < -0.3 is 86.2 Å². The maximum absolute atomic E-state index is 14.6. The van der Waals surface area contributed by atoms with E-state index in [0.717, 1.165) is 53.4 Å². The van der Waals surface area contributed by atoms with Gasteiger partial charge in [0.15, 0.2) is 61.6 Å². The van der Waals surface area contributed by atoms with Crippen LogP contribution in [-0.4, -0.2) is 219 Å². The molecular formula is C62H82N2O29. The summed E-state index contributed by atoms with van der Waals surface area (Å²) < 4.78 is 96.6. The summed E-state index contributed by atoms with van der Waals surface area (Å²) in [5.74, 6) is -10.4. The lowest BCUT2D eigenvalue weighted by atomic mass is 9.95. The van der Waals surface area contributed by atoms with Crippen molar-refractivity contribution < 1.29 is 138 Å². The molecule has 93 heavy (non-hydrogen) atoms. The summed E-state index contributed by atoms with van der Waals surface area (Å²) in [4.78, 5) is 157. The van der Waals surface area contributed by atoms with Gasteiger partial charge in [-0.05, 0) is 64.8 Å². The largest absolute Gasteiger partial charge is 0.481 e. The number of carbonyl (C=O) groups is 12. The molecule has 0 aliphatic carbocycles. The van der Waals surface area contributed by atoms with Gasteiger partial charge in [0.2, 0.25) is 5.91 Å². The van der Waals surface area contributed by atoms with E-state index in [1.165, 1.54) is 55.5 Å². The first-order valence-electron chi connectivity index (χ1n) is 29.9. The Kier molecular flexibility index (Phi) is 29.3. The predicted molar refractivity (Wildman–Crippen MR) is 311 cm³/mol. The van der Waals surface area contributed by atoms with Crippen LogP contribution < -0.4 is 5.32 Å². The van der Waals surface area contributed by atoms with E-state index in [1.54, 1.807) is 32.9 Å². The summed E-state index contributed by atoms with van der Waals surface area (Å²) >= 11 is 0. The molecule has 31 heteroatoms. The second-order valence-electron chi connectivity index (χ2n) is 22.6. The minimum atomic E-state index is -2.10. The van der Waals surface area contributed by atoms with Crippen LogP contribution in [0.4, 0.5) is 4.79 Å². The highest BCUT2D eigenvalue weighted by Crippen LogP contribution is 2.39. The van der Waals surface area contributed by atoms with Crippen LogP contribution in [0.3, 0.4) is 0 Å². The van der Waals surface area contributed by atoms with Gasteiger partial charge in [0, 0.05) is 68.2 Å². The summed E-state index contributed by atoms with van der Waals surface area (Å²) in [6, 6.07) is 14.9. The number of carbonyl (C=O) groups excluding carboxylic acids is 11. The molecule has 0 bridgehead atoms. The second-order valence-corrected chi connectivity index (χ2v) is 22.6. The SMILES string of the molecule is CC(=O)OC[C@H]1O[C@@H](O[C@H]2[C@H](O[C@@H]3O[C@@H](C)[C@@H](OC(C)=O)[C@@H](OC(C)=O)[C@@H]3OC(C)=O)[C@@H](OC(=O)c3ccccc3)[C@H](OCCCCCCNC(=O)CN(CCC(=O)O)C(=O)OC(C)(C)C)O[C@@H]2COC(C)=O)[C@@H](OC(=O)c2ccccc2)[C@@H](OC(C)=O)[C@@H]1OC(C)=O. The van der Waals surface area contributed by atoms with Gasteiger partial charge >= 0.3 is 65.8 Å². The molecule has 3 heterocycles. The van der Waals surface area contributed by atoms with Crippen LogP contribution in [0, 0.1) is 0 Å². The van der Waals surface area contributed by atoms with Crippen molar-refractivity contribution in [3.63, 3.8) is 0 Å². The molecule has 15 atom stereocenters. The van der Waals surface area contributed by atoms with E-state index < -0.39 is 196 Å². The number of carboxylic acid groups (broad SMARTS) is 1. The molecule has 3 saturated heterocycles. The highest BCUT2D eigenvalue weighted by molar-refractivity contribution is 5.90. The Hall–Kier alpha value is -8.36. The third kappa shape index (κ3) is 24.6. The van der Waals surface area contributed by atoms with Gasteiger partial charge in [0.25, 0.3) is 0 Å². The molecule has 0 aromatic heterocycles. The van der Waals surface area contributed by atoms with Gasteiger partial charge in [-0.25, -0.2) is 14.4 Å². The standard InChI is InChI=1S/C62H82N2O29/c1-33-47(82-36(4)67)50(84-38(6)69)54(86-40(8)71)59(81-33)92-52-49(91-60-55(90-57(76)42-24-18-15-19-25-42)51(85-39(7)70)48(83-37(5)68)43(88-60)31-79-34(2)65)44(32-80-35(3)66)87-58(53(52)89-56(75)41-22-16-14-17-23-41)78-29-21-13-12-20-27-63-45(72)30-64(28-26-46(73)74)61(77)93-62(9,10)11/h14-19,22-25,33,43-44,47-55,58-60H,12-13,20-21,26-32H2,1-11H3,(H,63,72)(H,73,74)/t33-,43+,44+,47+,48+,49+,50+,51-,52-,53+,54-,55-,58+,59-,60-/m0/s1. The first kappa shape index (κ1) is 75.4. The number of nitrogens with one attached hydrogen (secondary N) is 1. The summed E-state index contributed by atoms with van der Waals surface area (Å²) in [7, 11) is 0. The van der Waals surface area contributed by atoms with Crippen LogP contribution in [0.25, 0.3) is 0 Å². The summed E-state index contributed by atoms with van der Waals surface area (Å²) in [5.41, 5.74) is -1.00. The fraction of sp³-hybridized carbons (Fsp3) is 0.613. The van der Waals surface area contributed by atoms with Crippen molar-refractivity contribution in [2.45, 2.75) is 206 Å². The third-order valence-corrected chi connectivity index (χ3v) is 13.7. The number of amides is 2. The number of carboxylic acids is 1. The van der Waals surface area contributed by atoms with Gasteiger partial charge in [-0.15, -0.1) is 0 Å². The fourth-order valence-electron chi connectivity index (χ4n) is 9.85. The first-order chi connectivity index (χ1) is 43.9. The molecule has 3 aliphatic heterocycles. The van der Waals surface area contributed by atoms with Crippen LogP contribution in [0.15, 0.2) is 60.7 Å². The number of rotatable bonds is 30. The molecule has 0 unspecified atom stereocenters. The molecule has 514 valence electrons. The lowest BCUT2D eigenvalue weighted by Gasteiger charge is -2.50. The smallest absolute Gasteiger partial charge is 0.410 e. The van der Waals surface area contributed by atoms with Crippen molar-refractivity contribution in [2.75, 3.05) is 39.5 Å². The Morgan fingerprint density at radius 3 is 1.43 bits per heavy atom. The zero-order valence-electron chi connectivity index (χ0n) is 53.5. The first-order valence-corrected chi connectivity index (χ1v) is 29.9. The van der Waals surface area contributed by atoms with Gasteiger partial charge in [-0.1, -0.05) is 49.2 Å². The van der Waals surface area contributed by atoms with Crippen LogP contribution >= 0.6 is 0 Å². The Morgan fingerprint density at radius 2 is 0.925 bits per heavy atom. The highest BCUT2D eigenvalue weighted by atomic mass is 16.8. The maximum atomic E-state index is 14.6. The van der Waals surface area contributed by atoms with E-state index in [1.807, 2.05) is 0 Å². The summed E-state index contributed by atoms with van der Waals surface area (Å²) in [5, 5.41) is 11.9. The van der Waals surface area contributed by atoms with E-state index in [2.05, 4.69) is 5.32 Å². The predicted octanol–water partition coefficient (Wildman–Crippen LogP) is 3.59. The Balaban J connectivity index is 1.62. The molecule has 2 N–H and O–H groups in total. The Labute approximate surface area is 536 Å². The van der Waals surface area contributed by atoms with E-state index in [9.17, 15) is 62.6 Å². The van der Waals surface area contributed by atoms with Crippen molar-refractivity contribution in [1.82, 2.24) is 10.2 Å². The maximum Gasteiger partial charge on any atom is 0.410 e. The van der Waals surface area contributed by atoms with E-state index in [-0.39, 0.29) is 37.2 Å². The number of unbranched alkanes of at least 4 members (excludes halogenated alkanes) is 3. The van der Waals surface area contributed by atoms with Crippen LogP contribution in [-0.2, 0) is 119 Å². The van der Waals surface area contributed by atoms with Crippen molar-refractivity contribution in [2.24, 2.45) is 0 Å². The van der Waals surface area contributed by atoms with E-state index >= 15 is 0 Å². The molecule has 2 aromatic rings. The molecule has 3 aliphatic rings. The molecule has 0 radical (unpaired) electrons. The van der Waals surface area contributed by atoms with Crippen molar-refractivity contribution in [3.8, 4) is 0 Å². The lowest BCUT2D eigenvalue weighted by molar-refractivity contribution is -0.385. The Morgan fingerprint density at radius 1 is 0.495 bits per heavy atom. The minimum Gasteiger partial charge on any atom is -0.481 e. The van der Waals surface area contributed by atoms with Crippen LogP contribution in [0.2, 0.25) is 0 Å². The molecule has 3 fully saturated rings. The number of hydrogen-bond acceptors (Lipinski definition) is 28. The highest BCUT2D eigenvalue weighted by Gasteiger charge is 2.60. The van der Waals surface area contributed by atoms with Crippen LogP contribution in [0.1, 0.15) is 129 Å². The van der Waals surface area contributed by atoms with Crippen molar-refractivity contribution in [1.29, 1.82) is 0 Å². The van der Waals surface area contributed by atoms with Crippen molar-refractivity contribution in [3.05, 3.63) is 71.8 Å². The number of esters is 9. The number of ether oxygens (including phenoxy) is 16. The molecule has 31 nitrogen and oxygen atoms in total. The molecule has 0 spiro atoms. The van der Waals surface area contributed by atoms with E-state index in [0.29, 0.717) is 19.3 Å². The number of nitrogens with zero attached hydrogens (tertiary/aromatic N) is 1. The number of hydrogen-bond donors (Lipinski definition) is 2.